The number of para-hydroxylation sites is 2. The van der Waals surface area contributed by atoms with Gasteiger partial charge in [0.25, 0.3) is 0 Å². The highest BCUT2D eigenvalue weighted by Crippen LogP contribution is 2.29. The van der Waals surface area contributed by atoms with Crippen LogP contribution in [0.15, 0.2) is 66.4 Å². The largest absolute Gasteiger partial charge is 0.478 e. The van der Waals surface area contributed by atoms with Gasteiger partial charge in [-0.25, -0.2) is 4.79 Å². The first-order valence-electron chi connectivity index (χ1n) is 6.99. The Morgan fingerprint density at radius 2 is 1.87 bits per heavy atom. The minimum atomic E-state index is -1.07. The Hall–Kier alpha value is -3.26. The van der Waals surface area contributed by atoms with Crippen molar-refractivity contribution in [2.75, 3.05) is 0 Å². The summed E-state index contributed by atoms with van der Waals surface area (Å²) < 4.78 is 5.83. The summed E-state index contributed by atoms with van der Waals surface area (Å²) >= 11 is 0. The molecular formula is C18H16N2O3. The highest BCUT2D eigenvalue weighted by Gasteiger charge is 2.16. The third-order valence-electron chi connectivity index (χ3n) is 3.04. The molecule has 2 aromatic carbocycles. The molecule has 0 heterocycles. The smallest absolute Gasteiger partial charge is 0.330 e. The topological polar surface area (TPSA) is 82.4 Å². The summed E-state index contributed by atoms with van der Waals surface area (Å²) in [5.74, 6) is 0.135. The number of allylic oxidation sites excluding steroid dienone is 1. The third kappa shape index (κ3) is 4.61. The predicted molar refractivity (Wildman–Crippen MR) is 85.8 cm³/mol. The lowest BCUT2D eigenvalue weighted by Crippen LogP contribution is -2.19. The quantitative estimate of drug-likeness (QED) is 0.796. The van der Waals surface area contributed by atoms with Gasteiger partial charge in [-0.1, -0.05) is 36.4 Å². The summed E-state index contributed by atoms with van der Waals surface area (Å²) in [4.78, 5) is 10.7. The van der Waals surface area contributed by atoms with Crippen molar-refractivity contribution in [1.82, 2.24) is 5.32 Å². The lowest BCUT2D eigenvalue weighted by molar-refractivity contribution is -0.131. The number of nitrogens with zero attached hydrogens (tertiary/aromatic N) is 1. The van der Waals surface area contributed by atoms with Gasteiger partial charge in [-0.3, -0.25) is 0 Å². The molecule has 5 nitrogen and oxygen atoms in total. The number of nitrogens with one attached hydrogen (secondary N) is 1. The number of nitriles is 1. The second-order valence-electron chi connectivity index (χ2n) is 4.82. The van der Waals surface area contributed by atoms with Gasteiger partial charge in [-0.05, 0) is 25.1 Å². The van der Waals surface area contributed by atoms with E-state index in [1.807, 2.05) is 36.4 Å². The van der Waals surface area contributed by atoms with E-state index in [0.29, 0.717) is 22.8 Å². The van der Waals surface area contributed by atoms with E-state index in [1.165, 1.54) is 0 Å². The van der Waals surface area contributed by atoms with Crippen molar-refractivity contribution in [3.8, 4) is 17.6 Å². The monoisotopic (exact) mass is 308 g/mol. The van der Waals surface area contributed by atoms with Gasteiger partial charge in [0, 0.05) is 17.3 Å². The molecule has 116 valence electrons. The van der Waals surface area contributed by atoms with Crippen molar-refractivity contribution in [2.45, 2.75) is 13.0 Å². The van der Waals surface area contributed by atoms with Crippen LogP contribution in [0, 0.1) is 11.3 Å². The molecule has 23 heavy (non-hydrogen) atoms. The summed E-state index contributed by atoms with van der Waals surface area (Å²) in [5.41, 5.74) is 1.02. The number of benzene rings is 2. The second kappa shape index (κ2) is 7.66. The number of carboxylic acid groups (broad SMARTS) is 1. The van der Waals surface area contributed by atoms with Gasteiger partial charge >= 0.3 is 5.97 Å². The standard InChI is InChI=1S/C18H16N2O3/c1-13(11-18(21)22)20-16(12-19)15-9-5-6-10-17(15)23-14-7-3-2-4-8-14/h2-11,16,20H,1H3,(H,21,22)/b13-11-. The van der Waals surface area contributed by atoms with Crippen molar-refractivity contribution in [1.29, 1.82) is 5.26 Å². The fourth-order valence-corrected chi connectivity index (χ4v) is 2.06. The normalized spacial score (nSPS) is 12.1. The molecule has 2 rings (SSSR count). The van der Waals surface area contributed by atoms with Crippen LogP contribution >= 0.6 is 0 Å². The molecule has 0 saturated heterocycles. The first kappa shape index (κ1) is 16.1. The van der Waals surface area contributed by atoms with Gasteiger partial charge in [0.2, 0.25) is 0 Å². The SMILES string of the molecule is C/C(=C/C(=O)O)NC(C#N)c1ccccc1Oc1ccccc1. The Morgan fingerprint density at radius 1 is 1.22 bits per heavy atom. The Labute approximate surface area is 134 Å². The predicted octanol–water partition coefficient (Wildman–Crippen LogP) is 3.62. The summed E-state index contributed by atoms with van der Waals surface area (Å²) in [6.45, 7) is 1.60. The van der Waals surface area contributed by atoms with Crippen molar-refractivity contribution in [3.05, 3.63) is 71.9 Å². The molecular weight excluding hydrogens is 292 g/mol. The van der Waals surface area contributed by atoms with E-state index in [4.69, 9.17) is 9.84 Å². The van der Waals surface area contributed by atoms with E-state index in [1.54, 1.807) is 25.1 Å². The Balaban J connectivity index is 2.27. The Morgan fingerprint density at radius 3 is 2.52 bits per heavy atom. The van der Waals surface area contributed by atoms with Crippen LogP contribution in [0.5, 0.6) is 11.5 Å². The van der Waals surface area contributed by atoms with Crippen LogP contribution in [-0.4, -0.2) is 11.1 Å². The minimum Gasteiger partial charge on any atom is -0.478 e. The molecule has 1 unspecified atom stereocenters. The Bertz CT molecular complexity index is 748. The van der Waals surface area contributed by atoms with Crippen LogP contribution in [0.25, 0.3) is 0 Å². The van der Waals surface area contributed by atoms with Crippen LogP contribution in [-0.2, 0) is 4.79 Å². The fraction of sp³-hybridized carbons (Fsp3) is 0.111. The molecule has 1 atom stereocenters. The van der Waals surface area contributed by atoms with Gasteiger partial charge < -0.3 is 15.2 Å². The maximum absolute atomic E-state index is 10.7. The molecule has 0 saturated carbocycles. The van der Waals surface area contributed by atoms with E-state index in [9.17, 15) is 10.1 Å². The van der Waals surface area contributed by atoms with Crippen LogP contribution in [0.3, 0.4) is 0 Å². The lowest BCUT2D eigenvalue weighted by atomic mass is 10.1. The number of hydrogen-bond donors (Lipinski definition) is 2. The van der Waals surface area contributed by atoms with Gasteiger partial charge in [0.05, 0.1) is 6.07 Å². The van der Waals surface area contributed by atoms with E-state index < -0.39 is 12.0 Å². The van der Waals surface area contributed by atoms with Crippen LogP contribution in [0.4, 0.5) is 0 Å². The molecule has 2 aromatic rings. The number of ether oxygens (including phenoxy) is 1. The minimum absolute atomic E-state index is 0.388. The molecule has 0 fully saturated rings. The zero-order valence-electron chi connectivity index (χ0n) is 12.6. The molecule has 0 radical (unpaired) electrons. The maximum Gasteiger partial charge on any atom is 0.330 e. The highest BCUT2D eigenvalue weighted by molar-refractivity contribution is 5.80. The zero-order chi connectivity index (χ0) is 16.7. The van der Waals surface area contributed by atoms with E-state index in [0.717, 1.165) is 6.08 Å². The molecule has 0 aliphatic carbocycles. The maximum atomic E-state index is 10.7. The van der Waals surface area contributed by atoms with Gasteiger partial charge in [-0.2, -0.15) is 5.26 Å². The van der Waals surface area contributed by atoms with Crippen molar-refractivity contribution >= 4 is 5.97 Å². The molecule has 0 aromatic heterocycles. The van der Waals surface area contributed by atoms with Crippen molar-refractivity contribution in [2.24, 2.45) is 0 Å². The van der Waals surface area contributed by atoms with E-state index in [2.05, 4.69) is 11.4 Å². The number of aliphatic carboxylic acids is 1. The molecule has 0 amide bonds. The van der Waals surface area contributed by atoms with Gasteiger partial charge in [0.1, 0.15) is 17.5 Å². The van der Waals surface area contributed by atoms with Gasteiger partial charge in [-0.15, -0.1) is 0 Å². The summed E-state index contributed by atoms with van der Waals surface area (Å²) in [7, 11) is 0. The van der Waals surface area contributed by atoms with Crippen molar-refractivity contribution in [3.63, 3.8) is 0 Å². The molecule has 5 heteroatoms. The number of hydrogen-bond acceptors (Lipinski definition) is 4. The van der Waals surface area contributed by atoms with Gasteiger partial charge in [0.15, 0.2) is 0 Å². The molecule has 0 spiro atoms. The van der Waals surface area contributed by atoms with Crippen molar-refractivity contribution < 1.29 is 14.6 Å². The van der Waals surface area contributed by atoms with Crippen LogP contribution in [0.1, 0.15) is 18.5 Å². The summed E-state index contributed by atoms with van der Waals surface area (Å²) in [6.07, 6.45) is 1.02. The average Bonchev–Trinajstić information content (AvgIpc) is 2.53. The Kier molecular flexibility index (Phi) is 5.37. The molecule has 0 aliphatic heterocycles. The fourth-order valence-electron chi connectivity index (χ4n) is 2.06. The number of carbonyl (C=O) groups is 1. The average molecular weight is 308 g/mol. The number of carboxylic acids is 1. The highest BCUT2D eigenvalue weighted by atomic mass is 16.5. The van der Waals surface area contributed by atoms with E-state index in [-0.39, 0.29) is 0 Å². The molecule has 0 aliphatic rings. The zero-order valence-corrected chi connectivity index (χ0v) is 12.6. The number of rotatable bonds is 6. The first-order valence-corrected chi connectivity index (χ1v) is 6.99. The van der Waals surface area contributed by atoms with E-state index >= 15 is 0 Å². The summed E-state index contributed by atoms with van der Waals surface area (Å²) in [6, 6.07) is 17.8. The summed E-state index contributed by atoms with van der Waals surface area (Å²) in [5, 5.41) is 21.1. The molecule has 0 bridgehead atoms. The third-order valence-corrected chi connectivity index (χ3v) is 3.04. The second-order valence-corrected chi connectivity index (χ2v) is 4.82. The first-order chi connectivity index (χ1) is 11.1. The lowest BCUT2D eigenvalue weighted by Gasteiger charge is -2.17. The molecule has 2 N–H and O–H groups in total. The van der Waals surface area contributed by atoms with Crippen LogP contribution in [0.2, 0.25) is 0 Å². The van der Waals surface area contributed by atoms with Crippen LogP contribution < -0.4 is 10.1 Å².